The number of benzene rings is 1. The van der Waals surface area contributed by atoms with Crippen LogP contribution in [-0.4, -0.2) is 43.1 Å². The molecule has 1 aliphatic rings. The number of carbonyl (C=O) groups excluding carboxylic acids is 1. The van der Waals surface area contributed by atoms with Crippen molar-refractivity contribution in [1.82, 2.24) is 10.2 Å². The predicted molar refractivity (Wildman–Crippen MR) is 84.4 cm³/mol. The first kappa shape index (κ1) is 16.7. The monoisotopic (exact) mass is 308 g/mol. The molecular formula is C17H25FN2O2. The summed E-state index contributed by atoms with van der Waals surface area (Å²) in [6, 6.07) is 6.29. The van der Waals surface area contributed by atoms with Crippen LogP contribution >= 0.6 is 0 Å². The zero-order valence-corrected chi connectivity index (χ0v) is 13.2. The first-order valence-corrected chi connectivity index (χ1v) is 8.09. The van der Waals surface area contributed by atoms with Gasteiger partial charge in [0.15, 0.2) is 0 Å². The van der Waals surface area contributed by atoms with Gasteiger partial charge in [0, 0.05) is 25.6 Å². The summed E-state index contributed by atoms with van der Waals surface area (Å²) in [7, 11) is 0. The Balaban J connectivity index is 1.72. The van der Waals surface area contributed by atoms with Crippen LogP contribution in [0.1, 0.15) is 32.6 Å². The zero-order valence-electron chi connectivity index (χ0n) is 13.2. The van der Waals surface area contributed by atoms with Gasteiger partial charge in [-0.3, -0.25) is 4.79 Å². The summed E-state index contributed by atoms with van der Waals surface area (Å²) in [6.45, 7) is 5.29. The summed E-state index contributed by atoms with van der Waals surface area (Å²) in [4.78, 5) is 14.4. The van der Waals surface area contributed by atoms with E-state index in [4.69, 9.17) is 4.74 Å². The average molecular weight is 308 g/mol. The van der Waals surface area contributed by atoms with Crippen LogP contribution < -0.4 is 10.1 Å². The largest absolute Gasteiger partial charge is 0.494 e. The second-order valence-corrected chi connectivity index (χ2v) is 5.64. The Kier molecular flexibility index (Phi) is 6.65. The van der Waals surface area contributed by atoms with Crippen LogP contribution in [0.2, 0.25) is 0 Å². The Labute approximate surface area is 131 Å². The Hall–Kier alpha value is -1.62. The van der Waals surface area contributed by atoms with Gasteiger partial charge in [-0.1, -0.05) is 6.92 Å². The zero-order chi connectivity index (χ0) is 15.8. The molecule has 0 spiro atoms. The van der Waals surface area contributed by atoms with Gasteiger partial charge in [0.1, 0.15) is 11.6 Å². The normalized spacial score (nSPS) is 17.5. The van der Waals surface area contributed by atoms with E-state index in [0.717, 1.165) is 32.5 Å². The minimum Gasteiger partial charge on any atom is -0.494 e. The summed E-state index contributed by atoms with van der Waals surface area (Å²) in [5, 5.41) is 3.31. The molecule has 1 amide bonds. The molecule has 0 saturated carbocycles. The summed E-state index contributed by atoms with van der Waals surface area (Å²) >= 11 is 0. The van der Waals surface area contributed by atoms with E-state index in [2.05, 4.69) is 12.2 Å². The van der Waals surface area contributed by atoms with Gasteiger partial charge in [-0.05, 0) is 50.1 Å². The fourth-order valence-electron chi connectivity index (χ4n) is 2.75. The van der Waals surface area contributed by atoms with Gasteiger partial charge in [-0.15, -0.1) is 0 Å². The summed E-state index contributed by atoms with van der Waals surface area (Å²) in [5.74, 6) is 0.570. The quantitative estimate of drug-likeness (QED) is 0.751. The third-order valence-corrected chi connectivity index (χ3v) is 3.88. The number of halogens is 1. The third kappa shape index (κ3) is 4.98. The number of carbonyl (C=O) groups is 1. The number of amides is 1. The van der Waals surface area contributed by atoms with Gasteiger partial charge in [-0.2, -0.15) is 0 Å². The lowest BCUT2D eigenvalue weighted by Gasteiger charge is -2.28. The maximum absolute atomic E-state index is 12.8. The van der Waals surface area contributed by atoms with E-state index in [-0.39, 0.29) is 11.7 Å². The van der Waals surface area contributed by atoms with E-state index >= 15 is 0 Å². The molecule has 0 aromatic heterocycles. The van der Waals surface area contributed by atoms with E-state index < -0.39 is 0 Å². The molecule has 1 aliphatic heterocycles. The molecule has 0 bridgehead atoms. The summed E-state index contributed by atoms with van der Waals surface area (Å²) in [5.41, 5.74) is 0. The van der Waals surface area contributed by atoms with Crippen LogP contribution in [0.15, 0.2) is 24.3 Å². The van der Waals surface area contributed by atoms with E-state index in [1.54, 1.807) is 12.1 Å². The smallest absolute Gasteiger partial charge is 0.222 e. The second-order valence-electron chi connectivity index (χ2n) is 5.64. The molecule has 1 N–H and O–H groups in total. The number of hydrogen-bond acceptors (Lipinski definition) is 3. The predicted octanol–water partition coefficient (Wildman–Crippen LogP) is 2.59. The van der Waals surface area contributed by atoms with Crippen LogP contribution in [0.25, 0.3) is 0 Å². The van der Waals surface area contributed by atoms with Crippen molar-refractivity contribution >= 4 is 5.91 Å². The van der Waals surface area contributed by atoms with Crippen LogP contribution in [0.5, 0.6) is 5.75 Å². The van der Waals surface area contributed by atoms with E-state index in [0.29, 0.717) is 31.2 Å². The van der Waals surface area contributed by atoms with Crippen molar-refractivity contribution in [2.75, 3.05) is 26.2 Å². The van der Waals surface area contributed by atoms with Crippen molar-refractivity contribution in [3.05, 3.63) is 30.1 Å². The lowest BCUT2D eigenvalue weighted by atomic mass is 10.1. The maximum Gasteiger partial charge on any atom is 0.222 e. The van der Waals surface area contributed by atoms with Gasteiger partial charge in [0.2, 0.25) is 5.91 Å². The number of ether oxygens (including phenoxy) is 1. The Bertz CT molecular complexity index is 458. The average Bonchev–Trinajstić information content (AvgIpc) is 3.04. The minimum atomic E-state index is -0.275. The lowest BCUT2D eigenvalue weighted by molar-refractivity contribution is -0.133. The molecule has 1 heterocycles. The number of rotatable bonds is 8. The van der Waals surface area contributed by atoms with Gasteiger partial charge in [0.05, 0.1) is 6.61 Å². The molecule has 1 saturated heterocycles. The number of nitrogens with one attached hydrogen (secondary N) is 1. The highest BCUT2D eigenvalue weighted by molar-refractivity contribution is 5.76. The van der Waals surface area contributed by atoms with Crippen molar-refractivity contribution in [3.63, 3.8) is 0 Å². The Morgan fingerprint density at radius 2 is 2.18 bits per heavy atom. The van der Waals surface area contributed by atoms with Crippen LogP contribution in [0.4, 0.5) is 4.39 Å². The lowest BCUT2D eigenvalue weighted by Crippen LogP contribution is -2.42. The van der Waals surface area contributed by atoms with Crippen LogP contribution in [-0.2, 0) is 4.79 Å². The van der Waals surface area contributed by atoms with Gasteiger partial charge in [0.25, 0.3) is 0 Å². The van der Waals surface area contributed by atoms with Crippen molar-refractivity contribution in [2.24, 2.45) is 0 Å². The van der Waals surface area contributed by atoms with Crippen molar-refractivity contribution in [1.29, 1.82) is 0 Å². The second kappa shape index (κ2) is 8.73. The highest BCUT2D eigenvalue weighted by Crippen LogP contribution is 2.14. The highest BCUT2D eigenvalue weighted by Gasteiger charge is 2.25. The molecule has 0 aliphatic carbocycles. The van der Waals surface area contributed by atoms with E-state index in [1.807, 2.05) is 4.90 Å². The van der Waals surface area contributed by atoms with Gasteiger partial charge >= 0.3 is 0 Å². The molecule has 1 atom stereocenters. The fraction of sp³-hybridized carbons (Fsp3) is 0.588. The molecule has 122 valence electrons. The number of nitrogens with zero attached hydrogens (tertiary/aromatic N) is 1. The van der Waals surface area contributed by atoms with Gasteiger partial charge < -0.3 is 15.0 Å². The SMILES string of the molecule is CCCN(C(=O)CCCOc1ccc(F)cc1)C1CCNC1. The van der Waals surface area contributed by atoms with Crippen molar-refractivity contribution in [2.45, 2.75) is 38.6 Å². The third-order valence-electron chi connectivity index (χ3n) is 3.88. The Morgan fingerprint density at radius 1 is 1.41 bits per heavy atom. The van der Waals surface area contributed by atoms with E-state index in [9.17, 15) is 9.18 Å². The number of hydrogen-bond donors (Lipinski definition) is 1. The Morgan fingerprint density at radius 3 is 2.82 bits per heavy atom. The van der Waals surface area contributed by atoms with Crippen molar-refractivity contribution < 1.29 is 13.9 Å². The van der Waals surface area contributed by atoms with Crippen LogP contribution in [0, 0.1) is 5.82 Å². The molecule has 22 heavy (non-hydrogen) atoms. The molecule has 5 heteroatoms. The van der Waals surface area contributed by atoms with E-state index in [1.165, 1.54) is 12.1 Å². The molecule has 4 nitrogen and oxygen atoms in total. The van der Waals surface area contributed by atoms with Crippen molar-refractivity contribution in [3.8, 4) is 5.75 Å². The molecule has 1 fully saturated rings. The first-order valence-electron chi connectivity index (χ1n) is 8.09. The van der Waals surface area contributed by atoms with Crippen LogP contribution in [0.3, 0.4) is 0 Å². The summed E-state index contributed by atoms with van der Waals surface area (Å²) < 4.78 is 18.3. The molecule has 1 aromatic rings. The first-order chi connectivity index (χ1) is 10.7. The molecular weight excluding hydrogens is 283 g/mol. The molecule has 1 aromatic carbocycles. The topological polar surface area (TPSA) is 41.6 Å². The summed E-state index contributed by atoms with van der Waals surface area (Å²) in [6.07, 6.45) is 3.19. The fourth-order valence-corrected chi connectivity index (χ4v) is 2.75. The maximum atomic E-state index is 12.8. The molecule has 1 unspecified atom stereocenters. The molecule has 2 rings (SSSR count). The highest BCUT2D eigenvalue weighted by atomic mass is 19.1. The minimum absolute atomic E-state index is 0.207. The standard InChI is InChI=1S/C17H25FN2O2/c1-2-11-20(15-9-10-19-13-15)17(21)4-3-12-22-16-7-5-14(18)6-8-16/h5-8,15,19H,2-4,9-13H2,1H3. The van der Waals surface area contributed by atoms with Gasteiger partial charge in [-0.25, -0.2) is 4.39 Å². The molecule has 0 radical (unpaired) electrons.